The molecule has 34 heavy (non-hydrogen) atoms. The van der Waals surface area contributed by atoms with Crippen molar-refractivity contribution in [2.75, 3.05) is 13.7 Å². The van der Waals surface area contributed by atoms with E-state index in [-0.39, 0.29) is 24.0 Å². The molecular weight excluding hydrogens is 434 g/mol. The molecule has 1 N–H and O–H groups in total. The van der Waals surface area contributed by atoms with Crippen molar-refractivity contribution in [1.82, 2.24) is 4.90 Å². The zero-order chi connectivity index (χ0) is 24.2. The normalized spacial score (nSPS) is 17.4. The molecule has 2 heterocycles. The highest BCUT2D eigenvalue weighted by Gasteiger charge is 2.47. The minimum absolute atomic E-state index is 0.00335. The number of hydrogen-bond acceptors (Lipinski definition) is 6. The number of ether oxygens (including phenoxy) is 2. The largest absolute Gasteiger partial charge is 0.507 e. The van der Waals surface area contributed by atoms with Crippen LogP contribution in [0, 0.1) is 0 Å². The topological polar surface area (TPSA) is 89.2 Å². The summed E-state index contributed by atoms with van der Waals surface area (Å²) in [6, 6.07) is 16.9. The average Bonchev–Trinajstić information content (AvgIpc) is 3.44. The van der Waals surface area contributed by atoms with Crippen LogP contribution in [0.5, 0.6) is 11.5 Å². The Hall–Kier alpha value is -4.00. The molecule has 1 aliphatic heterocycles. The van der Waals surface area contributed by atoms with Crippen LogP contribution in [-0.2, 0) is 16.0 Å². The van der Waals surface area contributed by atoms with Gasteiger partial charge < -0.3 is 23.9 Å². The van der Waals surface area contributed by atoms with Crippen LogP contribution in [0.2, 0.25) is 0 Å². The van der Waals surface area contributed by atoms with Gasteiger partial charge in [0.15, 0.2) is 0 Å². The third kappa shape index (κ3) is 4.69. The Balaban J connectivity index is 1.69. The number of hydrogen-bond donors (Lipinski definition) is 1. The standard InChI is InChI=1S/C27H27NO6/c1-17(2)34-21-7-4-6-19(16-21)25(29)23-24(22-8-5-15-33-22)28(27(31)26(23)30)14-13-18-9-11-20(32-3)12-10-18/h4-12,15-17,24,29H,13-14H2,1-3H3/b25-23-. The molecule has 0 radical (unpaired) electrons. The molecule has 0 bridgehead atoms. The van der Waals surface area contributed by atoms with Crippen LogP contribution in [0.15, 0.2) is 76.9 Å². The van der Waals surface area contributed by atoms with Crippen LogP contribution < -0.4 is 9.47 Å². The molecule has 1 aliphatic rings. The summed E-state index contributed by atoms with van der Waals surface area (Å²) in [5.41, 5.74) is 1.37. The number of carbonyl (C=O) groups excluding carboxylic acids is 2. The van der Waals surface area contributed by atoms with Crippen molar-refractivity contribution < 1.29 is 28.6 Å². The van der Waals surface area contributed by atoms with Crippen molar-refractivity contribution in [1.29, 1.82) is 0 Å². The fourth-order valence-corrected chi connectivity index (χ4v) is 4.04. The van der Waals surface area contributed by atoms with Gasteiger partial charge in [0.2, 0.25) is 0 Å². The summed E-state index contributed by atoms with van der Waals surface area (Å²) in [5.74, 6) is 0.0200. The molecule has 1 atom stereocenters. The summed E-state index contributed by atoms with van der Waals surface area (Å²) >= 11 is 0. The van der Waals surface area contributed by atoms with Gasteiger partial charge in [-0.1, -0.05) is 24.3 Å². The third-order valence-corrected chi connectivity index (χ3v) is 5.63. The molecule has 1 amide bonds. The molecular formula is C27H27NO6. The molecule has 3 aromatic rings. The van der Waals surface area contributed by atoms with Crippen LogP contribution in [-0.4, -0.2) is 41.5 Å². The number of amides is 1. The number of likely N-dealkylation sites (tertiary alicyclic amines) is 1. The first-order chi connectivity index (χ1) is 16.4. The highest BCUT2D eigenvalue weighted by Crippen LogP contribution is 2.40. The fourth-order valence-electron chi connectivity index (χ4n) is 4.04. The van der Waals surface area contributed by atoms with Gasteiger partial charge in [0.05, 0.1) is 25.1 Å². The lowest BCUT2D eigenvalue weighted by molar-refractivity contribution is -0.140. The number of Topliss-reactive ketones (excluding diaryl/α,β-unsaturated/α-hetero) is 1. The summed E-state index contributed by atoms with van der Waals surface area (Å²) in [7, 11) is 1.60. The van der Waals surface area contributed by atoms with Crippen LogP contribution >= 0.6 is 0 Å². The van der Waals surface area contributed by atoms with E-state index in [9.17, 15) is 14.7 Å². The number of carbonyl (C=O) groups is 2. The van der Waals surface area contributed by atoms with Crippen molar-refractivity contribution in [3.05, 3.63) is 89.4 Å². The third-order valence-electron chi connectivity index (χ3n) is 5.63. The molecule has 0 spiro atoms. The summed E-state index contributed by atoms with van der Waals surface area (Å²) in [6.45, 7) is 4.07. The second-order valence-corrected chi connectivity index (χ2v) is 8.30. The zero-order valence-electron chi connectivity index (χ0n) is 19.4. The van der Waals surface area contributed by atoms with E-state index in [2.05, 4.69) is 0 Å². The van der Waals surface area contributed by atoms with Gasteiger partial charge in [-0.2, -0.15) is 0 Å². The van der Waals surface area contributed by atoms with Gasteiger partial charge in [-0.05, 0) is 62.2 Å². The Kier molecular flexibility index (Phi) is 6.72. The second-order valence-electron chi connectivity index (χ2n) is 8.30. The highest BCUT2D eigenvalue weighted by atomic mass is 16.5. The number of methoxy groups -OCH3 is 1. The Morgan fingerprint density at radius 3 is 2.47 bits per heavy atom. The van der Waals surface area contributed by atoms with Gasteiger partial charge >= 0.3 is 0 Å². The number of aliphatic hydroxyl groups is 1. The maximum Gasteiger partial charge on any atom is 0.295 e. The van der Waals surface area contributed by atoms with Crippen molar-refractivity contribution in [3.63, 3.8) is 0 Å². The van der Waals surface area contributed by atoms with Crippen molar-refractivity contribution in [3.8, 4) is 11.5 Å². The van der Waals surface area contributed by atoms with Crippen molar-refractivity contribution in [2.24, 2.45) is 0 Å². The van der Waals surface area contributed by atoms with Crippen molar-refractivity contribution in [2.45, 2.75) is 32.4 Å². The molecule has 176 valence electrons. The summed E-state index contributed by atoms with van der Waals surface area (Å²) in [4.78, 5) is 27.6. The molecule has 1 unspecified atom stereocenters. The highest BCUT2D eigenvalue weighted by molar-refractivity contribution is 6.46. The molecule has 0 saturated carbocycles. The Labute approximate surface area is 198 Å². The van der Waals surface area contributed by atoms with Gasteiger partial charge in [0.25, 0.3) is 11.7 Å². The lowest BCUT2D eigenvalue weighted by atomic mass is 9.99. The second kappa shape index (κ2) is 9.87. The first-order valence-electron chi connectivity index (χ1n) is 11.1. The number of furan rings is 1. The smallest absolute Gasteiger partial charge is 0.295 e. The Morgan fingerprint density at radius 2 is 1.82 bits per heavy atom. The Bertz CT molecular complexity index is 1190. The van der Waals surface area contributed by atoms with E-state index >= 15 is 0 Å². The maximum absolute atomic E-state index is 13.1. The van der Waals surface area contributed by atoms with E-state index in [1.54, 1.807) is 43.5 Å². The minimum atomic E-state index is -0.831. The molecule has 2 aromatic carbocycles. The molecule has 0 aliphatic carbocycles. The van der Waals surface area contributed by atoms with Gasteiger partial charge in [0.1, 0.15) is 29.1 Å². The van der Waals surface area contributed by atoms with Gasteiger partial charge in [-0.3, -0.25) is 9.59 Å². The van der Waals surface area contributed by atoms with Crippen LogP contribution in [0.4, 0.5) is 0 Å². The van der Waals surface area contributed by atoms with E-state index < -0.39 is 17.7 Å². The predicted octanol–water partition coefficient (Wildman–Crippen LogP) is 4.74. The van der Waals surface area contributed by atoms with E-state index in [0.717, 1.165) is 11.3 Å². The van der Waals surface area contributed by atoms with Crippen LogP contribution in [0.1, 0.15) is 36.8 Å². The minimum Gasteiger partial charge on any atom is -0.507 e. The fraction of sp³-hybridized carbons (Fsp3) is 0.259. The molecule has 7 nitrogen and oxygen atoms in total. The van der Waals surface area contributed by atoms with Crippen LogP contribution in [0.3, 0.4) is 0 Å². The number of ketones is 1. The summed E-state index contributed by atoms with van der Waals surface area (Å²) in [6.07, 6.45) is 1.95. The predicted molar refractivity (Wildman–Crippen MR) is 127 cm³/mol. The zero-order valence-corrected chi connectivity index (χ0v) is 19.4. The Morgan fingerprint density at radius 1 is 1.06 bits per heavy atom. The van der Waals surface area contributed by atoms with Gasteiger partial charge in [-0.25, -0.2) is 0 Å². The maximum atomic E-state index is 13.1. The van der Waals surface area contributed by atoms with E-state index in [1.807, 2.05) is 38.1 Å². The SMILES string of the molecule is COc1ccc(CCN2C(=O)C(=O)/C(=C(\O)c3cccc(OC(C)C)c3)C2c2ccco2)cc1. The number of rotatable bonds is 8. The average molecular weight is 462 g/mol. The number of aliphatic hydroxyl groups excluding tert-OH is 1. The van der Waals surface area contributed by atoms with Crippen LogP contribution in [0.25, 0.3) is 5.76 Å². The van der Waals surface area contributed by atoms with E-state index in [1.165, 1.54) is 11.2 Å². The lowest BCUT2D eigenvalue weighted by Gasteiger charge is -2.23. The molecule has 1 fully saturated rings. The summed E-state index contributed by atoms with van der Waals surface area (Å²) < 4.78 is 16.5. The lowest BCUT2D eigenvalue weighted by Crippen LogP contribution is -2.31. The molecule has 1 aromatic heterocycles. The van der Waals surface area contributed by atoms with Gasteiger partial charge in [-0.15, -0.1) is 0 Å². The quantitative estimate of drug-likeness (QED) is 0.296. The van der Waals surface area contributed by atoms with Gasteiger partial charge in [0, 0.05) is 12.1 Å². The van der Waals surface area contributed by atoms with E-state index in [4.69, 9.17) is 13.9 Å². The number of nitrogens with zero attached hydrogens (tertiary/aromatic N) is 1. The first kappa shape index (κ1) is 23.2. The molecule has 4 rings (SSSR count). The number of benzene rings is 2. The molecule has 7 heteroatoms. The monoisotopic (exact) mass is 461 g/mol. The first-order valence-corrected chi connectivity index (χ1v) is 11.1. The summed E-state index contributed by atoms with van der Waals surface area (Å²) in [5, 5.41) is 11.2. The van der Waals surface area contributed by atoms with Crippen molar-refractivity contribution >= 4 is 17.4 Å². The van der Waals surface area contributed by atoms with E-state index in [0.29, 0.717) is 23.5 Å². The molecule has 1 saturated heterocycles.